The molecule has 0 radical (unpaired) electrons. The Morgan fingerprint density at radius 3 is 1.97 bits per heavy atom. The van der Waals surface area contributed by atoms with E-state index >= 15 is 0 Å². The summed E-state index contributed by atoms with van der Waals surface area (Å²) in [6, 6.07) is 0. The second-order valence-corrected chi connectivity index (χ2v) is 11.5. The van der Waals surface area contributed by atoms with Gasteiger partial charge >= 0.3 is 23.9 Å². The number of hydrogen-bond donors (Lipinski definition) is 1. The van der Waals surface area contributed by atoms with E-state index in [1.165, 1.54) is 13.0 Å². The summed E-state index contributed by atoms with van der Waals surface area (Å²) >= 11 is 0. The minimum absolute atomic E-state index is 0.132. The normalized spacial score (nSPS) is 38.0. The van der Waals surface area contributed by atoms with Crippen molar-refractivity contribution < 1.29 is 52.8 Å². The van der Waals surface area contributed by atoms with Gasteiger partial charge in [0.2, 0.25) is 0 Å². The molecule has 0 aliphatic heterocycles. The van der Waals surface area contributed by atoms with E-state index in [0.717, 1.165) is 33.8 Å². The summed E-state index contributed by atoms with van der Waals surface area (Å²) in [5.41, 5.74) is -6.82. The monoisotopic (exact) mass is 548 g/mol. The molecule has 0 aromatic carbocycles. The average molecular weight is 549 g/mol. The highest BCUT2D eigenvalue weighted by atomic mass is 16.6. The van der Waals surface area contributed by atoms with Crippen molar-refractivity contribution in [3.05, 3.63) is 23.8 Å². The lowest BCUT2D eigenvalue weighted by molar-refractivity contribution is -0.189. The topological polar surface area (TPSA) is 160 Å². The number of Topliss-reactive ketones (excluding diaryl/α,β-unsaturated/α-hetero) is 1. The molecule has 214 valence electrons. The van der Waals surface area contributed by atoms with Crippen LogP contribution in [0.3, 0.4) is 0 Å². The highest BCUT2D eigenvalue weighted by Crippen LogP contribution is 2.55. The smallest absolute Gasteiger partial charge is 0.303 e. The molecule has 0 amide bonds. The minimum Gasteiger partial charge on any atom is -0.458 e. The quantitative estimate of drug-likeness (QED) is 0.311. The molecule has 0 aromatic heterocycles. The number of aliphatic hydroxyl groups is 1. The van der Waals surface area contributed by atoms with Gasteiger partial charge in [-0.3, -0.25) is 28.8 Å². The van der Waals surface area contributed by atoms with Crippen LogP contribution in [0.2, 0.25) is 0 Å². The summed E-state index contributed by atoms with van der Waals surface area (Å²) in [6.45, 7) is 10.7. The maximum absolute atomic E-state index is 14.3. The van der Waals surface area contributed by atoms with E-state index in [0.29, 0.717) is 0 Å². The summed E-state index contributed by atoms with van der Waals surface area (Å²) in [6.07, 6.45) is 0.550. The van der Waals surface area contributed by atoms with Crippen molar-refractivity contribution >= 4 is 35.4 Å². The molecule has 11 nitrogen and oxygen atoms in total. The van der Waals surface area contributed by atoms with Crippen molar-refractivity contribution in [2.24, 2.45) is 17.3 Å². The molecular weight excluding hydrogens is 512 g/mol. The van der Waals surface area contributed by atoms with Crippen molar-refractivity contribution in [2.75, 3.05) is 0 Å². The Morgan fingerprint density at radius 2 is 1.46 bits per heavy atom. The molecule has 3 aliphatic rings. The molecule has 3 rings (SSSR count). The molecule has 1 saturated carbocycles. The third kappa shape index (κ3) is 5.16. The zero-order chi connectivity index (χ0) is 29.7. The standard InChI is InChI=1S/C28H36O11/c1-14-9-10-25(6,7)28(35)12-19(11-20(28)33)22(36-15(2)29)21-24(37-16(3)30)26(8,38-17(4)31)13-27(21,23(14)34)39-18(5)32/h9-11,14,21-22,24,35H,12-13H2,1-8H3/b10-9+/t14-,21?,22+,24-,26-,27-,28+/m1/s1. The lowest BCUT2D eigenvalue weighted by Gasteiger charge is -2.40. The number of rotatable bonds is 4. The first kappa shape index (κ1) is 30.2. The van der Waals surface area contributed by atoms with Crippen LogP contribution in [0.4, 0.5) is 0 Å². The van der Waals surface area contributed by atoms with Gasteiger partial charge < -0.3 is 24.1 Å². The predicted octanol–water partition coefficient (Wildman–Crippen LogP) is 1.92. The Morgan fingerprint density at radius 1 is 0.897 bits per heavy atom. The third-order valence-electron chi connectivity index (χ3n) is 7.94. The number of carbonyl (C=O) groups excluding carboxylic acids is 6. The lowest BCUT2D eigenvalue weighted by Crippen LogP contribution is -2.56. The van der Waals surface area contributed by atoms with Gasteiger partial charge in [-0.05, 0) is 18.6 Å². The van der Waals surface area contributed by atoms with Crippen LogP contribution in [0.5, 0.6) is 0 Å². The van der Waals surface area contributed by atoms with Gasteiger partial charge in [0.25, 0.3) is 0 Å². The largest absolute Gasteiger partial charge is 0.458 e. The van der Waals surface area contributed by atoms with Crippen LogP contribution in [-0.4, -0.2) is 69.6 Å². The molecule has 0 spiro atoms. The molecule has 2 bridgehead atoms. The van der Waals surface area contributed by atoms with Gasteiger partial charge in [0.05, 0.1) is 5.92 Å². The van der Waals surface area contributed by atoms with Gasteiger partial charge in [-0.1, -0.05) is 32.9 Å². The average Bonchev–Trinajstić information content (AvgIpc) is 3.20. The zero-order valence-electron chi connectivity index (χ0n) is 23.5. The van der Waals surface area contributed by atoms with Crippen LogP contribution < -0.4 is 0 Å². The number of ketones is 2. The minimum atomic E-state index is -2.13. The highest BCUT2D eigenvalue weighted by molar-refractivity contribution is 6.02. The molecule has 0 aromatic rings. The fraction of sp³-hybridized carbons (Fsp3) is 0.643. The third-order valence-corrected chi connectivity index (χ3v) is 7.94. The Labute approximate surface area is 226 Å². The van der Waals surface area contributed by atoms with Crippen molar-refractivity contribution in [3.63, 3.8) is 0 Å². The summed E-state index contributed by atoms with van der Waals surface area (Å²) in [5, 5.41) is 11.6. The fourth-order valence-corrected chi connectivity index (χ4v) is 6.23. The number of fused-ring (bicyclic) bond motifs is 3. The van der Waals surface area contributed by atoms with E-state index < -0.39 is 88.1 Å². The number of ether oxygens (including phenoxy) is 4. The van der Waals surface area contributed by atoms with E-state index in [1.807, 2.05) is 0 Å². The molecule has 1 fully saturated rings. The highest BCUT2D eigenvalue weighted by Gasteiger charge is 2.72. The van der Waals surface area contributed by atoms with Gasteiger partial charge in [0.1, 0.15) is 11.7 Å². The van der Waals surface area contributed by atoms with E-state index in [2.05, 4.69) is 0 Å². The Hall–Kier alpha value is -3.34. The van der Waals surface area contributed by atoms with Gasteiger partial charge in [-0.2, -0.15) is 0 Å². The van der Waals surface area contributed by atoms with Crippen molar-refractivity contribution in [1.82, 2.24) is 0 Å². The number of hydrogen-bond acceptors (Lipinski definition) is 11. The van der Waals surface area contributed by atoms with Crippen molar-refractivity contribution in [1.29, 1.82) is 0 Å². The van der Waals surface area contributed by atoms with Crippen LogP contribution in [0.25, 0.3) is 0 Å². The maximum Gasteiger partial charge on any atom is 0.303 e. The van der Waals surface area contributed by atoms with Gasteiger partial charge in [-0.15, -0.1) is 0 Å². The van der Waals surface area contributed by atoms with E-state index in [-0.39, 0.29) is 12.0 Å². The summed E-state index contributed by atoms with van der Waals surface area (Å²) in [5.74, 6) is -6.90. The number of esters is 4. The molecule has 7 atom stereocenters. The lowest BCUT2D eigenvalue weighted by atomic mass is 9.71. The van der Waals surface area contributed by atoms with Crippen LogP contribution >= 0.6 is 0 Å². The molecule has 1 unspecified atom stereocenters. The first-order valence-electron chi connectivity index (χ1n) is 12.7. The van der Waals surface area contributed by atoms with E-state index in [9.17, 15) is 33.9 Å². The van der Waals surface area contributed by atoms with Gasteiger partial charge in [0, 0.05) is 51.9 Å². The van der Waals surface area contributed by atoms with Crippen LogP contribution in [-0.2, 0) is 47.7 Å². The summed E-state index contributed by atoms with van der Waals surface area (Å²) in [4.78, 5) is 77.1. The number of allylic oxidation sites excluding steroid dienone is 1. The maximum atomic E-state index is 14.3. The molecule has 11 heteroatoms. The van der Waals surface area contributed by atoms with Crippen molar-refractivity contribution in [2.45, 2.75) is 97.2 Å². The Kier molecular flexibility index (Phi) is 7.75. The van der Waals surface area contributed by atoms with E-state index in [1.54, 1.807) is 26.8 Å². The first-order valence-corrected chi connectivity index (χ1v) is 12.7. The molecule has 1 N–H and O–H groups in total. The SMILES string of the molecule is CC(=O)O[C@@H]1C2[C@@H](OC(C)=O)C3=CC(=O)[C@@](O)(C3)C(C)(C)/C=C/[C@@H](C)C(=O)[C@@]2(OC(C)=O)C[C@@]1(C)OC(C)=O. The Balaban J connectivity index is 2.45. The van der Waals surface area contributed by atoms with Crippen molar-refractivity contribution in [3.8, 4) is 0 Å². The fourth-order valence-electron chi connectivity index (χ4n) is 6.23. The first-order chi connectivity index (χ1) is 17.8. The van der Waals surface area contributed by atoms with Crippen LogP contribution in [0, 0.1) is 17.3 Å². The molecule has 0 heterocycles. The second kappa shape index (κ2) is 10.0. The number of carbonyl (C=O) groups is 6. The second-order valence-electron chi connectivity index (χ2n) is 11.5. The molecule has 3 aliphatic carbocycles. The predicted molar refractivity (Wildman–Crippen MR) is 134 cm³/mol. The molecule has 39 heavy (non-hydrogen) atoms. The van der Waals surface area contributed by atoms with Crippen LogP contribution in [0.1, 0.15) is 68.2 Å². The zero-order valence-corrected chi connectivity index (χ0v) is 23.5. The van der Waals surface area contributed by atoms with Gasteiger partial charge in [0.15, 0.2) is 28.9 Å². The van der Waals surface area contributed by atoms with Gasteiger partial charge in [-0.25, -0.2) is 0 Å². The molecule has 0 saturated heterocycles. The Bertz CT molecular complexity index is 1180. The molecular formula is C28H36O11. The van der Waals surface area contributed by atoms with Crippen LogP contribution in [0.15, 0.2) is 23.8 Å². The summed E-state index contributed by atoms with van der Waals surface area (Å²) < 4.78 is 22.8. The summed E-state index contributed by atoms with van der Waals surface area (Å²) in [7, 11) is 0. The van der Waals surface area contributed by atoms with E-state index in [4.69, 9.17) is 18.9 Å².